The quantitative estimate of drug-likeness (QED) is 0.741. The Hall–Kier alpha value is -1.87. The molecular formula is C15H14O3. The summed E-state index contributed by atoms with van der Waals surface area (Å²) in [6, 6.07) is 0. The Morgan fingerprint density at radius 2 is 1.83 bits per heavy atom. The number of allylic oxidation sites excluding steroid dienone is 8. The zero-order valence-electron chi connectivity index (χ0n) is 10.2. The van der Waals surface area contributed by atoms with Crippen molar-refractivity contribution in [3.8, 4) is 0 Å². The van der Waals surface area contributed by atoms with Crippen LogP contribution in [-0.4, -0.2) is 22.8 Å². The number of carboxylic acid groups (broad SMARTS) is 1. The Morgan fingerprint density at radius 1 is 1.22 bits per heavy atom. The van der Waals surface area contributed by atoms with E-state index in [0.29, 0.717) is 0 Å². The van der Waals surface area contributed by atoms with Crippen LogP contribution in [0.5, 0.6) is 0 Å². The summed E-state index contributed by atoms with van der Waals surface area (Å²) in [5.41, 5.74) is 9.90. The second-order valence-corrected chi connectivity index (χ2v) is 4.84. The predicted molar refractivity (Wildman–Crippen MR) is 67.9 cm³/mol. The molecule has 0 aromatic carbocycles. The van der Waals surface area contributed by atoms with E-state index in [0.717, 1.165) is 25.3 Å². The lowest BCUT2D eigenvalue weighted by atomic mass is 9.94. The molecule has 0 aromatic rings. The van der Waals surface area contributed by atoms with Gasteiger partial charge >= 0.3 is 0 Å². The van der Waals surface area contributed by atoms with Crippen molar-refractivity contribution >= 4 is 5.97 Å². The number of aliphatic hydroxyl groups is 1. The number of carbonyl (C=O) groups is 1. The van der Waals surface area contributed by atoms with Crippen LogP contribution in [0.3, 0.4) is 0 Å². The summed E-state index contributed by atoms with van der Waals surface area (Å²) in [6.07, 6.45) is 8.85. The highest BCUT2D eigenvalue weighted by atomic mass is 16.4. The van der Waals surface area contributed by atoms with Crippen molar-refractivity contribution in [3.63, 3.8) is 0 Å². The van der Waals surface area contributed by atoms with Gasteiger partial charge < -0.3 is 10.2 Å². The summed E-state index contributed by atoms with van der Waals surface area (Å²) in [4.78, 5) is 9.00. The van der Waals surface area contributed by atoms with Crippen molar-refractivity contribution < 1.29 is 15.0 Å². The van der Waals surface area contributed by atoms with Crippen molar-refractivity contribution in [2.24, 2.45) is 0 Å². The maximum Gasteiger partial charge on any atom is 0.300 e. The highest BCUT2D eigenvalue weighted by molar-refractivity contribution is 5.81. The molecule has 92 valence electrons. The van der Waals surface area contributed by atoms with Crippen LogP contribution >= 0.6 is 0 Å². The third-order valence-electron chi connectivity index (χ3n) is 3.66. The molecule has 1 fully saturated rings. The zero-order valence-corrected chi connectivity index (χ0v) is 10.2. The van der Waals surface area contributed by atoms with Gasteiger partial charge in [0.1, 0.15) is 0 Å². The first-order valence-electron chi connectivity index (χ1n) is 6.00. The molecule has 3 nitrogen and oxygen atoms in total. The summed E-state index contributed by atoms with van der Waals surface area (Å²) in [7, 11) is 0. The van der Waals surface area contributed by atoms with Gasteiger partial charge in [-0.25, -0.2) is 0 Å². The van der Waals surface area contributed by atoms with Gasteiger partial charge in [-0.05, 0) is 51.9 Å². The minimum Gasteiger partial charge on any atom is -0.481 e. The fraction of sp³-hybridized carbons (Fsp3) is 0.267. The number of hydrogen-bond acceptors (Lipinski definition) is 2. The monoisotopic (exact) mass is 242 g/mol. The number of hydrogen-bond donors (Lipinski definition) is 2. The Morgan fingerprint density at radius 3 is 2.44 bits per heavy atom. The molecule has 0 heterocycles. The van der Waals surface area contributed by atoms with E-state index >= 15 is 0 Å². The van der Waals surface area contributed by atoms with E-state index < -0.39 is 5.97 Å². The minimum atomic E-state index is -0.833. The summed E-state index contributed by atoms with van der Waals surface area (Å²) in [5.74, 6) is -0.833. The van der Waals surface area contributed by atoms with E-state index in [1.807, 2.05) is 0 Å². The molecule has 18 heavy (non-hydrogen) atoms. The SMILES string of the molecule is CC(=O)O.OCC1=CC2=C3C4=CC=C(C4)C3=C1C2. The Kier molecular flexibility index (Phi) is 2.38. The van der Waals surface area contributed by atoms with Crippen molar-refractivity contribution in [2.75, 3.05) is 6.61 Å². The molecule has 3 heteroatoms. The second-order valence-electron chi connectivity index (χ2n) is 4.84. The number of fused-ring (bicyclic) bond motifs is 7. The van der Waals surface area contributed by atoms with Gasteiger partial charge in [-0.15, -0.1) is 0 Å². The summed E-state index contributed by atoms with van der Waals surface area (Å²) in [6.45, 7) is 1.28. The molecule has 0 saturated heterocycles. The molecule has 4 aliphatic rings. The largest absolute Gasteiger partial charge is 0.481 e. The highest BCUT2D eigenvalue weighted by Crippen LogP contribution is 2.56. The lowest BCUT2D eigenvalue weighted by Gasteiger charge is -2.11. The second kappa shape index (κ2) is 3.82. The molecule has 0 spiro atoms. The van der Waals surface area contributed by atoms with E-state index in [1.165, 1.54) is 33.4 Å². The Labute approximate surface area is 105 Å². The van der Waals surface area contributed by atoms with E-state index in [-0.39, 0.29) is 6.61 Å². The maximum atomic E-state index is 9.22. The molecular weight excluding hydrogens is 228 g/mol. The number of aliphatic hydroxyl groups excluding tert-OH is 1. The number of rotatable bonds is 1. The summed E-state index contributed by atoms with van der Waals surface area (Å²) < 4.78 is 0. The van der Waals surface area contributed by atoms with E-state index in [1.54, 1.807) is 0 Å². The van der Waals surface area contributed by atoms with Crippen molar-refractivity contribution in [1.29, 1.82) is 0 Å². The van der Waals surface area contributed by atoms with Gasteiger partial charge in [-0.1, -0.05) is 18.2 Å². The van der Waals surface area contributed by atoms with Gasteiger partial charge in [-0.2, -0.15) is 0 Å². The van der Waals surface area contributed by atoms with Gasteiger partial charge in [0.25, 0.3) is 5.97 Å². The van der Waals surface area contributed by atoms with Crippen molar-refractivity contribution in [1.82, 2.24) is 0 Å². The van der Waals surface area contributed by atoms with Crippen LogP contribution in [0.25, 0.3) is 0 Å². The standard InChI is InChI=1S/C13H10O.C2H4O2/c14-6-10-4-9-5-11(10)13-8-2-1-7(3-8)12(9)13;1-2(3)4/h1-2,4,14H,3,5-6H2;1H3,(H,3,4). The molecule has 0 amide bonds. The van der Waals surface area contributed by atoms with Crippen molar-refractivity contribution in [2.45, 2.75) is 19.8 Å². The van der Waals surface area contributed by atoms with Crippen LogP contribution in [0.2, 0.25) is 0 Å². The average Bonchev–Trinajstić information content (AvgIpc) is 3.05. The first-order chi connectivity index (χ1) is 8.61. The van der Waals surface area contributed by atoms with Crippen LogP contribution in [-0.2, 0) is 4.79 Å². The van der Waals surface area contributed by atoms with E-state index in [9.17, 15) is 5.11 Å². The molecule has 4 rings (SSSR count). The molecule has 0 aromatic heterocycles. The fourth-order valence-corrected chi connectivity index (χ4v) is 3.10. The van der Waals surface area contributed by atoms with Gasteiger partial charge in [0.2, 0.25) is 0 Å². The lowest BCUT2D eigenvalue weighted by Crippen LogP contribution is -1.97. The van der Waals surface area contributed by atoms with Crippen LogP contribution in [0.15, 0.2) is 57.2 Å². The minimum absolute atomic E-state index is 0.196. The van der Waals surface area contributed by atoms with Crippen LogP contribution in [0, 0.1) is 0 Å². The normalized spacial score (nSPS) is 21.6. The highest BCUT2D eigenvalue weighted by Gasteiger charge is 2.39. The smallest absolute Gasteiger partial charge is 0.300 e. The molecule has 1 saturated carbocycles. The zero-order chi connectivity index (χ0) is 12.9. The third-order valence-corrected chi connectivity index (χ3v) is 3.66. The van der Waals surface area contributed by atoms with Crippen LogP contribution in [0.1, 0.15) is 19.8 Å². The van der Waals surface area contributed by atoms with Gasteiger partial charge in [0, 0.05) is 6.92 Å². The third kappa shape index (κ3) is 1.44. The lowest BCUT2D eigenvalue weighted by molar-refractivity contribution is -0.134. The van der Waals surface area contributed by atoms with Crippen LogP contribution < -0.4 is 0 Å². The van der Waals surface area contributed by atoms with E-state index in [4.69, 9.17) is 9.90 Å². The van der Waals surface area contributed by atoms with Gasteiger partial charge in [0.05, 0.1) is 6.61 Å². The number of aliphatic carboxylic acids is 1. The molecule has 2 N–H and O–H groups in total. The molecule has 0 atom stereocenters. The van der Waals surface area contributed by atoms with Gasteiger partial charge in [0.15, 0.2) is 0 Å². The fourth-order valence-electron chi connectivity index (χ4n) is 3.10. The van der Waals surface area contributed by atoms with Gasteiger partial charge in [-0.3, -0.25) is 4.79 Å². The molecule has 0 unspecified atom stereocenters. The summed E-state index contributed by atoms with van der Waals surface area (Å²) in [5, 5.41) is 16.6. The molecule has 0 radical (unpaired) electrons. The number of carboxylic acids is 1. The van der Waals surface area contributed by atoms with E-state index in [2.05, 4.69) is 18.2 Å². The topological polar surface area (TPSA) is 57.5 Å². The van der Waals surface area contributed by atoms with Crippen LogP contribution in [0.4, 0.5) is 0 Å². The molecule has 4 bridgehead atoms. The maximum absolute atomic E-state index is 9.22. The molecule has 4 aliphatic carbocycles. The molecule has 0 aliphatic heterocycles. The first kappa shape index (κ1) is 11.2. The Balaban J connectivity index is 0.000000223. The average molecular weight is 242 g/mol. The summed E-state index contributed by atoms with van der Waals surface area (Å²) >= 11 is 0. The predicted octanol–water partition coefficient (Wildman–Crippen LogP) is 2.28. The first-order valence-corrected chi connectivity index (χ1v) is 6.00. The van der Waals surface area contributed by atoms with Crippen molar-refractivity contribution in [3.05, 3.63) is 57.2 Å². The Bertz CT molecular complexity index is 606.